The van der Waals surface area contributed by atoms with Crippen molar-refractivity contribution in [1.29, 1.82) is 0 Å². The Kier molecular flexibility index (Phi) is 3.45. The van der Waals surface area contributed by atoms with Gasteiger partial charge in [-0.3, -0.25) is 4.98 Å². The summed E-state index contributed by atoms with van der Waals surface area (Å²) in [5, 5.41) is 0. The molecule has 0 aliphatic heterocycles. The molecule has 1 heterocycles. The molecule has 0 saturated heterocycles. The fourth-order valence-corrected chi connectivity index (χ4v) is 2.46. The molecule has 0 amide bonds. The Hall–Kier alpha value is -2.23. The lowest BCUT2D eigenvalue weighted by atomic mass is 9.88. The summed E-state index contributed by atoms with van der Waals surface area (Å²) in [6.07, 6.45) is 1.59. The second kappa shape index (κ2) is 5.28. The highest BCUT2D eigenvalue weighted by Crippen LogP contribution is 2.44. The number of hydrogen-bond acceptors (Lipinski definition) is 2. The van der Waals surface area contributed by atoms with Crippen LogP contribution in [0.5, 0.6) is 5.75 Å². The van der Waals surface area contributed by atoms with Gasteiger partial charge in [0.1, 0.15) is 12.4 Å². The molecule has 0 saturated carbocycles. The lowest BCUT2D eigenvalue weighted by molar-refractivity contribution is 0.0534. The molecule has 1 aromatic carbocycles. The first-order valence-corrected chi connectivity index (χ1v) is 6.80. The normalized spacial score (nSPS) is 16.4. The lowest BCUT2D eigenvalue weighted by Gasteiger charge is -2.27. The average molecular weight is 287 g/mol. The van der Waals surface area contributed by atoms with Crippen LogP contribution in [-0.4, -0.2) is 10.9 Å². The van der Waals surface area contributed by atoms with Crippen LogP contribution in [0.15, 0.2) is 49.2 Å². The smallest absolute Gasteiger partial charge is 0.273 e. The maximum Gasteiger partial charge on any atom is 0.273 e. The van der Waals surface area contributed by atoms with Crippen molar-refractivity contribution in [3.8, 4) is 5.75 Å². The monoisotopic (exact) mass is 287 g/mol. The Bertz CT molecular complexity index is 668. The molecule has 1 aliphatic carbocycles. The number of fused-ring (bicyclic) bond motifs is 1. The Balaban J connectivity index is 1.89. The molecule has 4 heteroatoms. The van der Waals surface area contributed by atoms with Crippen LogP contribution in [0.1, 0.15) is 23.2 Å². The van der Waals surface area contributed by atoms with Crippen molar-refractivity contribution in [1.82, 2.24) is 4.98 Å². The first-order chi connectivity index (χ1) is 10.1. The molecule has 2 aromatic rings. The first kappa shape index (κ1) is 13.7. The van der Waals surface area contributed by atoms with E-state index in [1.165, 1.54) is 0 Å². The van der Waals surface area contributed by atoms with Crippen LogP contribution in [0.25, 0.3) is 5.57 Å². The molecule has 0 spiro atoms. The van der Waals surface area contributed by atoms with Crippen molar-refractivity contribution in [2.24, 2.45) is 0 Å². The standard InChI is InChI=1S/C17H15F2NO/c1-12-16-14(7-9-17(12,18)19)20-10-8-15(16)21-11-13-5-3-2-4-6-13/h2-6,8,10H,1,7,9,11H2. The molecule has 0 unspecified atom stereocenters. The number of alkyl halides is 2. The number of halogens is 2. The van der Waals surface area contributed by atoms with Gasteiger partial charge in [-0.15, -0.1) is 0 Å². The number of nitrogens with zero attached hydrogens (tertiary/aromatic N) is 1. The van der Waals surface area contributed by atoms with Gasteiger partial charge >= 0.3 is 0 Å². The van der Waals surface area contributed by atoms with Crippen molar-refractivity contribution in [2.75, 3.05) is 0 Å². The van der Waals surface area contributed by atoms with Crippen molar-refractivity contribution in [3.63, 3.8) is 0 Å². The largest absolute Gasteiger partial charge is 0.488 e. The highest BCUT2D eigenvalue weighted by atomic mass is 19.3. The predicted molar refractivity (Wildman–Crippen MR) is 77.3 cm³/mol. The van der Waals surface area contributed by atoms with E-state index in [1.54, 1.807) is 12.3 Å². The zero-order valence-corrected chi connectivity index (χ0v) is 11.5. The van der Waals surface area contributed by atoms with Gasteiger partial charge in [0.25, 0.3) is 5.92 Å². The minimum Gasteiger partial charge on any atom is -0.488 e. The second-order valence-corrected chi connectivity index (χ2v) is 5.09. The maximum absolute atomic E-state index is 13.8. The molecule has 3 rings (SSSR count). The molecule has 1 aliphatic rings. The predicted octanol–water partition coefficient (Wildman–Crippen LogP) is 4.26. The van der Waals surface area contributed by atoms with E-state index in [0.717, 1.165) is 5.56 Å². The van der Waals surface area contributed by atoms with Crippen molar-refractivity contribution >= 4 is 5.57 Å². The summed E-state index contributed by atoms with van der Waals surface area (Å²) in [5.41, 5.74) is 1.79. The van der Waals surface area contributed by atoms with E-state index >= 15 is 0 Å². The molecule has 0 radical (unpaired) electrons. The third kappa shape index (κ3) is 2.66. The minimum atomic E-state index is -2.89. The van der Waals surface area contributed by atoms with Crippen molar-refractivity contribution in [2.45, 2.75) is 25.4 Å². The fourth-order valence-electron chi connectivity index (χ4n) is 2.46. The van der Waals surface area contributed by atoms with Gasteiger partial charge in [-0.05, 0) is 18.1 Å². The van der Waals surface area contributed by atoms with Gasteiger partial charge in [0.2, 0.25) is 0 Å². The summed E-state index contributed by atoms with van der Waals surface area (Å²) in [6, 6.07) is 11.2. The first-order valence-electron chi connectivity index (χ1n) is 6.80. The molecular weight excluding hydrogens is 272 g/mol. The summed E-state index contributed by atoms with van der Waals surface area (Å²) in [7, 11) is 0. The molecular formula is C17H15F2NO. The van der Waals surface area contributed by atoms with E-state index < -0.39 is 5.92 Å². The number of rotatable bonds is 3. The summed E-state index contributed by atoms with van der Waals surface area (Å²) >= 11 is 0. The summed E-state index contributed by atoms with van der Waals surface area (Å²) in [4.78, 5) is 4.18. The molecule has 1 aromatic heterocycles. The van der Waals surface area contributed by atoms with Gasteiger partial charge in [0, 0.05) is 23.8 Å². The van der Waals surface area contributed by atoms with Crippen LogP contribution in [0.2, 0.25) is 0 Å². The number of benzene rings is 1. The highest BCUT2D eigenvalue weighted by Gasteiger charge is 2.40. The third-order valence-electron chi connectivity index (χ3n) is 3.65. The summed E-state index contributed by atoms with van der Waals surface area (Å²) in [6.45, 7) is 3.88. The van der Waals surface area contributed by atoms with E-state index in [9.17, 15) is 8.78 Å². The Morgan fingerprint density at radius 2 is 1.95 bits per heavy atom. The summed E-state index contributed by atoms with van der Waals surface area (Å²) < 4.78 is 33.4. The van der Waals surface area contributed by atoms with E-state index in [2.05, 4.69) is 11.6 Å². The molecule has 0 atom stereocenters. The van der Waals surface area contributed by atoms with Gasteiger partial charge < -0.3 is 4.74 Å². The van der Waals surface area contributed by atoms with E-state index in [-0.39, 0.29) is 18.4 Å². The zero-order chi connectivity index (χ0) is 14.9. The molecule has 108 valence electrons. The number of aryl methyl sites for hydroxylation is 1. The molecule has 2 nitrogen and oxygen atoms in total. The van der Waals surface area contributed by atoms with Gasteiger partial charge in [-0.25, -0.2) is 8.78 Å². The molecule has 21 heavy (non-hydrogen) atoms. The van der Waals surface area contributed by atoms with Crippen LogP contribution in [-0.2, 0) is 13.0 Å². The Labute approximate surface area is 122 Å². The van der Waals surface area contributed by atoms with Crippen LogP contribution in [0.4, 0.5) is 8.78 Å². The second-order valence-electron chi connectivity index (χ2n) is 5.09. The minimum absolute atomic E-state index is 0.195. The third-order valence-corrected chi connectivity index (χ3v) is 3.65. The lowest BCUT2D eigenvalue weighted by Crippen LogP contribution is -2.25. The van der Waals surface area contributed by atoms with E-state index in [4.69, 9.17) is 4.74 Å². The quantitative estimate of drug-likeness (QED) is 0.841. The Morgan fingerprint density at radius 3 is 2.71 bits per heavy atom. The van der Waals surface area contributed by atoms with Gasteiger partial charge in [0.05, 0.1) is 5.69 Å². The molecule has 0 bridgehead atoms. The Morgan fingerprint density at radius 1 is 1.19 bits per heavy atom. The van der Waals surface area contributed by atoms with Gasteiger partial charge in [-0.1, -0.05) is 36.9 Å². The van der Waals surface area contributed by atoms with Crippen LogP contribution < -0.4 is 4.74 Å². The van der Waals surface area contributed by atoms with Crippen molar-refractivity contribution < 1.29 is 13.5 Å². The van der Waals surface area contributed by atoms with Crippen LogP contribution in [0, 0.1) is 0 Å². The highest BCUT2D eigenvalue weighted by molar-refractivity contribution is 5.76. The number of aromatic nitrogens is 1. The summed E-state index contributed by atoms with van der Waals surface area (Å²) in [5.74, 6) is -2.46. The molecule has 0 N–H and O–H groups in total. The SMILES string of the molecule is C=C1c2c(OCc3ccccc3)ccnc2CCC1(F)F. The van der Waals surface area contributed by atoms with Crippen molar-refractivity contribution in [3.05, 3.63) is 66.0 Å². The van der Waals surface area contributed by atoms with E-state index in [1.807, 2.05) is 30.3 Å². The fraction of sp³-hybridized carbons (Fsp3) is 0.235. The topological polar surface area (TPSA) is 22.1 Å². The number of allylic oxidation sites excluding steroid dienone is 1. The zero-order valence-electron chi connectivity index (χ0n) is 11.5. The average Bonchev–Trinajstić information content (AvgIpc) is 2.50. The van der Waals surface area contributed by atoms with Gasteiger partial charge in [-0.2, -0.15) is 0 Å². The maximum atomic E-state index is 13.8. The number of hydrogen-bond donors (Lipinski definition) is 0. The van der Waals surface area contributed by atoms with Crippen LogP contribution >= 0.6 is 0 Å². The number of pyridine rings is 1. The van der Waals surface area contributed by atoms with Gasteiger partial charge in [0.15, 0.2) is 0 Å². The molecule has 0 fully saturated rings. The number of ether oxygens (including phenoxy) is 1. The van der Waals surface area contributed by atoms with E-state index in [0.29, 0.717) is 23.6 Å². The van der Waals surface area contributed by atoms with Crippen LogP contribution in [0.3, 0.4) is 0 Å².